The van der Waals surface area contributed by atoms with E-state index in [0.717, 1.165) is 17.9 Å². The Labute approximate surface area is 221 Å². The second-order valence-electron chi connectivity index (χ2n) is 11.6. The van der Waals surface area contributed by atoms with Crippen LogP contribution in [0.4, 0.5) is 5.82 Å². The summed E-state index contributed by atoms with van der Waals surface area (Å²) >= 11 is 0. The fraction of sp³-hybridized carbons (Fsp3) is 0.500. The highest BCUT2D eigenvalue weighted by atomic mass is 28.3. The van der Waals surface area contributed by atoms with E-state index in [1.165, 1.54) is 0 Å². The monoisotopic (exact) mass is 544 g/mol. The van der Waals surface area contributed by atoms with Gasteiger partial charge in [0.1, 0.15) is 25.0 Å². The molecule has 0 spiro atoms. The number of fused-ring (bicyclic) bond motifs is 1. The van der Waals surface area contributed by atoms with E-state index in [4.69, 9.17) is 19.3 Å². The van der Waals surface area contributed by atoms with Gasteiger partial charge in [0.15, 0.2) is 5.65 Å². The molecular weight excluding hydrogens is 504 g/mol. The minimum atomic E-state index is -1.21. The van der Waals surface area contributed by atoms with Gasteiger partial charge in [0, 0.05) is 41.5 Å². The van der Waals surface area contributed by atoms with Crippen LogP contribution in [0.5, 0.6) is 11.6 Å². The van der Waals surface area contributed by atoms with Crippen molar-refractivity contribution in [3.63, 3.8) is 0 Å². The third kappa shape index (κ3) is 9.92. The molecule has 37 heavy (non-hydrogen) atoms. The van der Waals surface area contributed by atoms with Crippen LogP contribution in [0, 0.1) is 0 Å². The average Bonchev–Trinajstić information content (AvgIpc) is 3.26. The number of anilines is 1. The summed E-state index contributed by atoms with van der Waals surface area (Å²) in [5.74, 6) is 0.864. The first-order chi connectivity index (χ1) is 17.4. The van der Waals surface area contributed by atoms with Gasteiger partial charge in [-0.15, -0.1) is 0 Å². The zero-order chi connectivity index (χ0) is 27.1. The summed E-state index contributed by atoms with van der Waals surface area (Å²) in [6.07, 6.45) is 1.67. The fourth-order valence-corrected chi connectivity index (χ4v) is 4.91. The van der Waals surface area contributed by atoms with Crippen LogP contribution < -0.4 is 9.64 Å². The Balaban J connectivity index is 1.80. The summed E-state index contributed by atoms with van der Waals surface area (Å²) in [6, 6.07) is 12.8. The van der Waals surface area contributed by atoms with E-state index in [1.807, 2.05) is 17.0 Å². The van der Waals surface area contributed by atoms with Crippen LogP contribution in [0.15, 0.2) is 42.6 Å². The first-order valence-electron chi connectivity index (χ1n) is 12.6. The minimum absolute atomic E-state index is 0.0329. The maximum absolute atomic E-state index is 11.0. The van der Waals surface area contributed by atoms with Crippen LogP contribution in [0.2, 0.25) is 51.4 Å². The lowest BCUT2D eigenvalue weighted by atomic mass is 10.1. The van der Waals surface area contributed by atoms with Gasteiger partial charge >= 0.3 is 5.97 Å². The quantitative estimate of drug-likeness (QED) is 0.150. The zero-order valence-corrected chi connectivity index (χ0v) is 24.9. The Kier molecular flexibility index (Phi) is 9.88. The lowest BCUT2D eigenvalue weighted by Gasteiger charge is -2.26. The molecule has 2 aromatic heterocycles. The second kappa shape index (κ2) is 12.7. The predicted molar refractivity (Wildman–Crippen MR) is 151 cm³/mol. The van der Waals surface area contributed by atoms with E-state index in [-0.39, 0.29) is 6.42 Å². The highest BCUT2D eigenvalue weighted by molar-refractivity contribution is 6.76. The normalized spacial score (nSPS) is 12.2. The molecule has 0 aliphatic rings. The number of carboxylic acids is 1. The van der Waals surface area contributed by atoms with E-state index in [9.17, 15) is 4.79 Å². The number of ether oxygens (including phenoxy) is 3. The van der Waals surface area contributed by atoms with Gasteiger partial charge in [0.2, 0.25) is 5.88 Å². The lowest BCUT2D eigenvalue weighted by molar-refractivity contribution is -0.136. The topological polar surface area (TPSA) is 98.4 Å². The van der Waals surface area contributed by atoms with Gasteiger partial charge in [0.25, 0.3) is 0 Å². The molecule has 0 aliphatic carbocycles. The van der Waals surface area contributed by atoms with Crippen molar-refractivity contribution in [3.8, 4) is 11.6 Å². The van der Waals surface area contributed by atoms with Gasteiger partial charge in [-0.3, -0.25) is 4.79 Å². The van der Waals surface area contributed by atoms with Crippen LogP contribution in [0.1, 0.15) is 5.56 Å². The number of aromatic nitrogens is 3. The van der Waals surface area contributed by atoms with E-state index in [0.29, 0.717) is 49.5 Å². The van der Waals surface area contributed by atoms with Crippen molar-refractivity contribution in [3.05, 3.63) is 48.2 Å². The van der Waals surface area contributed by atoms with Crippen molar-refractivity contribution in [1.29, 1.82) is 0 Å². The largest absolute Gasteiger partial charge is 0.481 e. The van der Waals surface area contributed by atoms with Crippen molar-refractivity contribution in [1.82, 2.24) is 14.6 Å². The number of aliphatic carboxylic acids is 1. The molecule has 0 aliphatic heterocycles. The molecule has 0 saturated heterocycles. The van der Waals surface area contributed by atoms with E-state index in [1.54, 1.807) is 35.0 Å². The molecule has 3 rings (SSSR count). The molecule has 11 heteroatoms. The molecule has 0 fully saturated rings. The Hall–Kier alpha value is -2.74. The fourth-order valence-electron chi connectivity index (χ4n) is 3.40. The molecule has 0 bridgehead atoms. The predicted octanol–water partition coefficient (Wildman–Crippen LogP) is 5.58. The molecule has 0 amide bonds. The van der Waals surface area contributed by atoms with Crippen LogP contribution in [-0.2, 0) is 20.7 Å². The number of carboxylic acid groups (broad SMARTS) is 1. The number of carbonyl (C=O) groups is 1. The summed E-state index contributed by atoms with van der Waals surface area (Å²) in [7, 11) is -2.42. The highest BCUT2D eigenvalue weighted by Gasteiger charge is 2.18. The van der Waals surface area contributed by atoms with Crippen molar-refractivity contribution < 1.29 is 24.1 Å². The Morgan fingerprint density at radius 3 is 2.08 bits per heavy atom. The number of rotatable bonds is 15. The summed E-state index contributed by atoms with van der Waals surface area (Å²) < 4.78 is 20.0. The van der Waals surface area contributed by atoms with Crippen molar-refractivity contribution in [2.75, 3.05) is 31.6 Å². The molecule has 3 aromatic rings. The summed E-state index contributed by atoms with van der Waals surface area (Å²) in [4.78, 5) is 17.6. The Morgan fingerprint density at radius 2 is 1.54 bits per heavy atom. The molecule has 0 radical (unpaired) electrons. The summed E-state index contributed by atoms with van der Waals surface area (Å²) in [5.41, 5.74) is 1.35. The molecule has 2 heterocycles. The van der Waals surface area contributed by atoms with E-state index < -0.39 is 22.1 Å². The van der Waals surface area contributed by atoms with Crippen LogP contribution >= 0.6 is 0 Å². The third-order valence-electron chi connectivity index (χ3n) is 5.63. The maximum Gasteiger partial charge on any atom is 0.307 e. The van der Waals surface area contributed by atoms with Crippen molar-refractivity contribution in [2.45, 2.75) is 57.8 Å². The van der Waals surface area contributed by atoms with Crippen molar-refractivity contribution >= 4 is 33.6 Å². The minimum Gasteiger partial charge on any atom is -0.481 e. The average molecular weight is 545 g/mol. The van der Waals surface area contributed by atoms with Gasteiger partial charge in [0.05, 0.1) is 12.6 Å². The van der Waals surface area contributed by atoms with Crippen LogP contribution in [0.3, 0.4) is 0 Å². The Morgan fingerprint density at radius 1 is 0.946 bits per heavy atom. The molecule has 1 aromatic carbocycles. The highest BCUT2D eigenvalue weighted by Crippen LogP contribution is 2.26. The van der Waals surface area contributed by atoms with Gasteiger partial charge in [-0.1, -0.05) is 51.4 Å². The third-order valence-corrected chi connectivity index (χ3v) is 9.04. The molecular formula is C26H40N4O5Si2. The molecule has 202 valence electrons. The Bertz CT molecular complexity index is 1130. The van der Waals surface area contributed by atoms with Gasteiger partial charge < -0.3 is 24.2 Å². The first-order valence-corrected chi connectivity index (χ1v) is 20.0. The number of hydrogen-bond donors (Lipinski definition) is 1. The van der Waals surface area contributed by atoms with E-state index in [2.05, 4.69) is 49.4 Å². The van der Waals surface area contributed by atoms with Gasteiger partial charge in [-0.25, -0.2) is 0 Å². The molecule has 0 unspecified atom stereocenters. The lowest BCUT2D eigenvalue weighted by Crippen LogP contribution is -2.33. The number of benzene rings is 1. The summed E-state index contributed by atoms with van der Waals surface area (Å²) in [6.45, 7) is 16.1. The van der Waals surface area contributed by atoms with E-state index >= 15 is 0 Å². The summed E-state index contributed by atoms with van der Waals surface area (Å²) in [5, 5.41) is 13.5. The zero-order valence-electron chi connectivity index (χ0n) is 22.9. The molecule has 1 N–H and O–H groups in total. The standard InChI is InChI=1S/C26H40N4O5Si2/c1-36(2,3)15-13-33-19-29(20-34-14-16-37(4,5)6)25-18-24(28-23-11-12-27-30(23)25)35-22-9-7-21(8-10-22)17-26(31)32/h7-12,18H,13-17,19-20H2,1-6H3,(H,31,32). The molecule has 0 saturated carbocycles. The SMILES string of the molecule is C[Si](C)(C)CCOCN(COCC[Si](C)(C)C)c1cc(Oc2ccc(CC(=O)O)cc2)nc2ccnn12. The van der Waals surface area contributed by atoms with Gasteiger partial charge in [-0.05, 0) is 29.8 Å². The number of nitrogens with zero attached hydrogens (tertiary/aromatic N) is 4. The van der Waals surface area contributed by atoms with Crippen LogP contribution in [-0.4, -0.2) is 68.5 Å². The molecule has 0 atom stereocenters. The maximum atomic E-state index is 11.0. The van der Waals surface area contributed by atoms with Crippen molar-refractivity contribution in [2.24, 2.45) is 0 Å². The smallest absolute Gasteiger partial charge is 0.307 e. The molecule has 9 nitrogen and oxygen atoms in total. The second-order valence-corrected chi connectivity index (χ2v) is 22.8. The van der Waals surface area contributed by atoms with Gasteiger partial charge in [-0.2, -0.15) is 14.6 Å². The number of hydrogen-bond acceptors (Lipinski definition) is 7. The first kappa shape index (κ1) is 28.8. The van der Waals surface area contributed by atoms with Crippen LogP contribution in [0.25, 0.3) is 5.65 Å².